The zero-order valence-corrected chi connectivity index (χ0v) is 11.0. The third-order valence-electron chi connectivity index (χ3n) is 3.22. The van der Waals surface area contributed by atoms with E-state index in [2.05, 4.69) is 5.32 Å². The molecule has 1 aliphatic rings. The van der Waals surface area contributed by atoms with Gasteiger partial charge in [-0.15, -0.1) is 0 Å². The molecule has 1 N–H and O–H groups in total. The molecule has 1 aromatic carbocycles. The average molecular weight is 296 g/mol. The molecule has 21 heavy (non-hydrogen) atoms. The fraction of sp³-hybridized carbons (Fsp3) is 0.385. The number of hydrogen-bond acceptors (Lipinski definition) is 5. The quantitative estimate of drug-likeness (QED) is 0.509. The van der Waals surface area contributed by atoms with Crippen molar-refractivity contribution in [2.24, 2.45) is 5.92 Å². The second-order valence-electron chi connectivity index (χ2n) is 4.70. The van der Waals surface area contributed by atoms with E-state index in [4.69, 9.17) is 4.74 Å². The molecule has 112 valence electrons. The molecule has 0 saturated heterocycles. The molecule has 0 atom stereocenters. The Morgan fingerprint density at radius 3 is 2.71 bits per heavy atom. The lowest BCUT2D eigenvalue weighted by Gasteiger charge is -2.22. The molecule has 0 unspecified atom stereocenters. The predicted octanol–water partition coefficient (Wildman–Crippen LogP) is 2.02. The molecule has 1 aromatic rings. The Morgan fingerprint density at radius 2 is 2.14 bits per heavy atom. The van der Waals surface area contributed by atoms with E-state index in [1.54, 1.807) is 0 Å². The number of anilines is 1. The van der Waals surface area contributed by atoms with Crippen LogP contribution in [0.1, 0.15) is 19.3 Å². The van der Waals surface area contributed by atoms with Crippen molar-refractivity contribution in [3.05, 3.63) is 34.1 Å². The van der Waals surface area contributed by atoms with Gasteiger partial charge in [0.25, 0.3) is 11.6 Å². The lowest BCUT2D eigenvalue weighted by Crippen LogP contribution is -2.28. The molecule has 0 aliphatic heterocycles. The normalized spacial score (nSPS) is 14.1. The number of nitro benzene ring substituents is 1. The van der Waals surface area contributed by atoms with Crippen molar-refractivity contribution in [1.29, 1.82) is 0 Å². The number of rotatable bonds is 5. The van der Waals surface area contributed by atoms with Gasteiger partial charge >= 0.3 is 5.97 Å². The zero-order valence-electron chi connectivity index (χ0n) is 11.0. The van der Waals surface area contributed by atoms with E-state index in [0.29, 0.717) is 0 Å². The molecule has 0 spiro atoms. The third kappa shape index (κ3) is 3.74. The Bertz CT molecular complexity index is 586. The Balaban J connectivity index is 1.91. The minimum absolute atomic E-state index is 0.160. The summed E-state index contributed by atoms with van der Waals surface area (Å²) in [4.78, 5) is 32.9. The molecule has 8 heteroatoms. The maximum atomic E-state index is 13.4. The summed E-state index contributed by atoms with van der Waals surface area (Å²) >= 11 is 0. The second kappa shape index (κ2) is 6.29. The Morgan fingerprint density at radius 1 is 1.43 bits per heavy atom. The molecule has 1 fully saturated rings. The number of benzene rings is 1. The van der Waals surface area contributed by atoms with Crippen LogP contribution in [0.25, 0.3) is 0 Å². The van der Waals surface area contributed by atoms with E-state index in [-0.39, 0.29) is 17.3 Å². The Labute approximate surface area is 119 Å². The highest BCUT2D eigenvalue weighted by molar-refractivity contribution is 5.93. The summed E-state index contributed by atoms with van der Waals surface area (Å²) in [7, 11) is 0. The minimum atomic E-state index is -0.806. The first-order chi connectivity index (χ1) is 9.97. The summed E-state index contributed by atoms with van der Waals surface area (Å²) in [6.07, 6.45) is 2.46. The summed E-state index contributed by atoms with van der Waals surface area (Å²) < 4.78 is 18.2. The minimum Gasteiger partial charge on any atom is -0.455 e. The molecule has 1 saturated carbocycles. The fourth-order valence-corrected chi connectivity index (χ4v) is 1.81. The molecule has 1 aliphatic carbocycles. The van der Waals surface area contributed by atoms with Crippen LogP contribution >= 0.6 is 0 Å². The molecule has 1 amide bonds. The van der Waals surface area contributed by atoms with Gasteiger partial charge in [0.05, 0.1) is 16.5 Å². The van der Waals surface area contributed by atoms with Gasteiger partial charge in [-0.1, -0.05) is 6.42 Å². The van der Waals surface area contributed by atoms with E-state index in [1.165, 1.54) is 0 Å². The number of halogens is 1. The number of nitrogens with zero attached hydrogens (tertiary/aromatic N) is 1. The first-order valence-electron chi connectivity index (χ1n) is 6.38. The predicted molar refractivity (Wildman–Crippen MR) is 70.0 cm³/mol. The van der Waals surface area contributed by atoms with Gasteiger partial charge in [0.1, 0.15) is 5.82 Å². The highest BCUT2D eigenvalue weighted by Crippen LogP contribution is 2.27. The summed E-state index contributed by atoms with van der Waals surface area (Å²) in [6, 6.07) is 2.77. The highest BCUT2D eigenvalue weighted by Gasteiger charge is 2.27. The van der Waals surface area contributed by atoms with Gasteiger partial charge in [0.15, 0.2) is 6.61 Å². The molecular formula is C13H13FN2O5. The van der Waals surface area contributed by atoms with Crippen LogP contribution in [0.2, 0.25) is 0 Å². The van der Waals surface area contributed by atoms with Gasteiger partial charge in [0, 0.05) is 12.1 Å². The van der Waals surface area contributed by atoms with Gasteiger partial charge in [0.2, 0.25) is 0 Å². The number of esters is 1. The number of carbonyl (C=O) groups is 2. The standard InChI is InChI=1S/C13H13FN2O5/c14-10-5-4-9(16(19)20)6-11(10)15-12(17)7-21-13(18)8-2-1-3-8/h4-6,8H,1-3,7H2,(H,15,17). The fourth-order valence-electron chi connectivity index (χ4n) is 1.81. The smallest absolute Gasteiger partial charge is 0.309 e. The number of ether oxygens (including phenoxy) is 1. The number of non-ortho nitro benzene ring substituents is 1. The number of nitro groups is 1. The third-order valence-corrected chi connectivity index (χ3v) is 3.22. The van der Waals surface area contributed by atoms with Gasteiger partial charge < -0.3 is 10.1 Å². The van der Waals surface area contributed by atoms with Crippen molar-refractivity contribution in [3.63, 3.8) is 0 Å². The van der Waals surface area contributed by atoms with Gasteiger partial charge in [-0.2, -0.15) is 0 Å². The molecule has 0 radical (unpaired) electrons. The largest absolute Gasteiger partial charge is 0.455 e. The molecule has 0 aromatic heterocycles. The van der Waals surface area contributed by atoms with Crippen molar-refractivity contribution in [2.75, 3.05) is 11.9 Å². The van der Waals surface area contributed by atoms with Crippen LogP contribution in [0.4, 0.5) is 15.8 Å². The first-order valence-corrected chi connectivity index (χ1v) is 6.38. The number of nitrogens with one attached hydrogen (secondary N) is 1. The molecule has 2 rings (SSSR count). The van der Waals surface area contributed by atoms with Crippen LogP contribution in [0.3, 0.4) is 0 Å². The Kier molecular flexibility index (Phi) is 4.46. The zero-order chi connectivity index (χ0) is 15.4. The van der Waals surface area contributed by atoms with Crippen LogP contribution in [0, 0.1) is 21.8 Å². The summed E-state index contributed by atoms with van der Waals surface area (Å²) in [5.74, 6) is -2.16. The Hall–Kier alpha value is -2.51. The summed E-state index contributed by atoms with van der Waals surface area (Å²) in [5, 5.41) is 12.7. The molecule has 0 heterocycles. The van der Waals surface area contributed by atoms with Crippen molar-refractivity contribution in [3.8, 4) is 0 Å². The first kappa shape index (κ1) is 14.9. The molecule has 7 nitrogen and oxygen atoms in total. The van der Waals surface area contributed by atoms with E-state index in [1.807, 2.05) is 0 Å². The van der Waals surface area contributed by atoms with E-state index >= 15 is 0 Å². The number of hydrogen-bond donors (Lipinski definition) is 1. The van der Waals surface area contributed by atoms with Crippen LogP contribution in [0.15, 0.2) is 18.2 Å². The van der Waals surface area contributed by atoms with Crippen LogP contribution in [-0.2, 0) is 14.3 Å². The lowest BCUT2D eigenvalue weighted by atomic mass is 9.86. The van der Waals surface area contributed by atoms with Crippen LogP contribution in [-0.4, -0.2) is 23.4 Å². The maximum Gasteiger partial charge on any atom is 0.309 e. The second-order valence-corrected chi connectivity index (χ2v) is 4.70. The highest BCUT2D eigenvalue weighted by atomic mass is 19.1. The van der Waals surface area contributed by atoms with Crippen molar-refractivity contribution >= 4 is 23.3 Å². The average Bonchev–Trinajstić information content (AvgIpc) is 2.36. The SMILES string of the molecule is O=C(COC(=O)C1CCC1)Nc1cc([N+](=O)[O-])ccc1F. The van der Waals surface area contributed by atoms with Crippen molar-refractivity contribution in [1.82, 2.24) is 0 Å². The number of carbonyl (C=O) groups excluding carboxylic acids is 2. The van der Waals surface area contributed by atoms with Crippen LogP contribution in [0.5, 0.6) is 0 Å². The van der Waals surface area contributed by atoms with E-state index < -0.39 is 29.2 Å². The molecule has 0 bridgehead atoms. The van der Waals surface area contributed by atoms with Gasteiger partial charge in [-0.3, -0.25) is 19.7 Å². The number of amides is 1. The maximum absolute atomic E-state index is 13.4. The van der Waals surface area contributed by atoms with Crippen molar-refractivity contribution < 1.29 is 23.6 Å². The van der Waals surface area contributed by atoms with E-state index in [0.717, 1.165) is 37.5 Å². The lowest BCUT2D eigenvalue weighted by molar-refractivity contribution is -0.384. The van der Waals surface area contributed by atoms with Gasteiger partial charge in [-0.05, 0) is 18.9 Å². The van der Waals surface area contributed by atoms with Gasteiger partial charge in [-0.25, -0.2) is 4.39 Å². The van der Waals surface area contributed by atoms with E-state index in [9.17, 15) is 24.1 Å². The topological polar surface area (TPSA) is 98.5 Å². The monoisotopic (exact) mass is 296 g/mol. The van der Waals surface area contributed by atoms with Crippen molar-refractivity contribution in [2.45, 2.75) is 19.3 Å². The summed E-state index contributed by atoms with van der Waals surface area (Å²) in [5.41, 5.74) is -0.674. The summed E-state index contributed by atoms with van der Waals surface area (Å²) in [6.45, 7) is -0.544. The van der Waals surface area contributed by atoms with Crippen LogP contribution < -0.4 is 5.32 Å². The molecular weight excluding hydrogens is 283 g/mol.